The van der Waals surface area contributed by atoms with Gasteiger partial charge in [0.25, 0.3) is 0 Å². The molecule has 0 N–H and O–H groups in total. The second-order valence-corrected chi connectivity index (χ2v) is 5.54. The molecule has 0 radical (unpaired) electrons. The summed E-state index contributed by atoms with van der Waals surface area (Å²) < 4.78 is 1.81. The summed E-state index contributed by atoms with van der Waals surface area (Å²) in [5, 5.41) is 21.5. The minimum absolute atomic E-state index is 0.495. The van der Waals surface area contributed by atoms with E-state index in [1.807, 2.05) is 28.9 Å². The zero-order valence-electron chi connectivity index (χ0n) is 10.9. The molecule has 2 aromatic rings. The third kappa shape index (κ3) is 3.55. The van der Waals surface area contributed by atoms with Gasteiger partial charge in [-0.1, -0.05) is 43.8 Å². The quantitative estimate of drug-likeness (QED) is 0.783. The summed E-state index contributed by atoms with van der Waals surface area (Å²) in [4.78, 5) is 0. The van der Waals surface area contributed by atoms with Gasteiger partial charge in [-0.15, -0.1) is 5.10 Å². The molecule has 2 rings (SSSR count). The molecule has 0 aliphatic carbocycles. The summed E-state index contributed by atoms with van der Waals surface area (Å²) in [7, 11) is 0. The Hall–Kier alpha value is -1.87. The first kappa shape index (κ1) is 13.6. The highest BCUT2D eigenvalue weighted by molar-refractivity contribution is 7.98. The molecule has 0 amide bonds. The van der Waals surface area contributed by atoms with Crippen LogP contribution in [0.3, 0.4) is 0 Å². The SMILES string of the molecule is CC(C)Cn1nnnc1SCc1ccccc1C#N. The lowest BCUT2D eigenvalue weighted by Crippen LogP contribution is -2.07. The van der Waals surface area contributed by atoms with Crippen molar-refractivity contribution in [2.45, 2.75) is 31.3 Å². The third-order valence-electron chi connectivity index (χ3n) is 2.53. The van der Waals surface area contributed by atoms with Crippen molar-refractivity contribution in [2.24, 2.45) is 5.92 Å². The molecule has 0 fully saturated rings. The minimum Gasteiger partial charge on any atom is -0.220 e. The zero-order chi connectivity index (χ0) is 13.7. The van der Waals surface area contributed by atoms with E-state index < -0.39 is 0 Å². The van der Waals surface area contributed by atoms with E-state index in [0.29, 0.717) is 17.2 Å². The number of aromatic nitrogens is 4. The molecule has 0 atom stereocenters. The molecule has 0 saturated carbocycles. The molecular weight excluding hydrogens is 258 g/mol. The van der Waals surface area contributed by atoms with Crippen molar-refractivity contribution < 1.29 is 0 Å². The molecule has 98 valence electrons. The van der Waals surface area contributed by atoms with Crippen LogP contribution in [0.5, 0.6) is 0 Å². The summed E-state index contributed by atoms with van der Waals surface area (Å²) in [6.45, 7) is 5.05. The molecule has 0 aliphatic rings. The van der Waals surface area contributed by atoms with E-state index >= 15 is 0 Å². The first-order valence-corrected chi connectivity index (χ1v) is 7.06. The van der Waals surface area contributed by atoms with Gasteiger partial charge in [0, 0.05) is 12.3 Å². The van der Waals surface area contributed by atoms with E-state index in [1.165, 1.54) is 0 Å². The Bertz CT molecular complexity index is 585. The Morgan fingerprint density at radius 3 is 2.89 bits per heavy atom. The van der Waals surface area contributed by atoms with Crippen LogP contribution in [0.25, 0.3) is 0 Å². The highest BCUT2D eigenvalue weighted by atomic mass is 32.2. The standard InChI is InChI=1S/C13H15N5S/c1-10(2)8-18-13(15-16-17-18)19-9-12-6-4-3-5-11(12)7-14/h3-6,10H,8-9H2,1-2H3. The normalized spacial score (nSPS) is 10.6. The maximum atomic E-state index is 9.04. The first-order chi connectivity index (χ1) is 9.20. The molecule has 19 heavy (non-hydrogen) atoms. The van der Waals surface area contributed by atoms with Gasteiger partial charge >= 0.3 is 0 Å². The van der Waals surface area contributed by atoms with Crippen LogP contribution in [0.15, 0.2) is 29.4 Å². The maximum Gasteiger partial charge on any atom is 0.209 e. The topological polar surface area (TPSA) is 67.4 Å². The van der Waals surface area contributed by atoms with Crippen molar-refractivity contribution in [2.75, 3.05) is 0 Å². The molecule has 0 unspecified atom stereocenters. The monoisotopic (exact) mass is 273 g/mol. The van der Waals surface area contributed by atoms with Crippen molar-refractivity contribution in [3.63, 3.8) is 0 Å². The summed E-state index contributed by atoms with van der Waals surface area (Å²) in [6.07, 6.45) is 0. The minimum atomic E-state index is 0.495. The predicted molar refractivity (Wildman–Crippen MR) is 73.4 cm³/mol. The maximum absolute atomic E-state index is 9.04. The number of hydrogen-bond acceptors (Lipinski definition) is 5. The second kappa shape index (κ2) is 6.34. The molecule has 0 aliphatic heterocycles. The zero-order valence-corrected chi connectivity index (χ0v) is 11.8. The van der Waals surface area contributed by atoms with Crippen molar-refractivity contribution >= 4 is 11.8 Å². The van der Waals surface area contributed by atoms with Gasteiger partial charge in [0.1, 0.15) is 0 Å². The van der Waals surface area contributed by atoms with Crippen molar-refractivity contribution in [1.82, 2.24) is 20.2 Å². The van der Waals surface area contributed by atoms with Crippen molar-refractivity contribution in [3.8, 4) is 6.07 Å². The van der Waals surface area contributed by atoms with Crippen molar-refractivity contribution in [3.05, 3.63) is 35.4 Å². The van der Waals surface area contributed by atoms with E-state index in [4.69, 9.17) is 5.26 Å². The van der Waals surface area contributed by atoms with Gasteiger partial charge < -0.3 is 0 Å². The average molecular weight is 273 g/mol. The highest BCUT2D eigenvalue weighted by Gasteiger charge is 2.09. The molecular formula is C13H15N5S. The van der Waals surface area contributed by atoms with Gasteiger partial charge in [-0.2, -0.15) is 5.26 Å². The number of nitrogens with zero attached hydrogens (tertiary/aromatic N) is 5. The van der Waals surface area contributed by atoms with Crippen LogP contribution in [-0.4, -0.2) is 20.2 Å². The Morgan fingerprint density at radius 1 is 1.37 bits per heavy atom. The Kier molecular flexibility index (Phi) is 4.53. The summed E-state index contributed by atoms with van der Waals surface area (Å²) >= 11 is 1.55. The van der Waals surface area contributed by atoms with Crippen LogP contribution in [0.1, 0.15) is 25.0 Å². The molecule has 0 spiro atoms. The van der Waals surface area contributed by atoms with E-state index in [9.17, 15) is 0 Å². The van der Waals surface area contributed by atoms with Gasteiger partial charge in [0.05, 0.1) is 11.6 Å². The number of rotatable bonds is 5. The third-order valence-corrected chi connectivity index (χ3v) is 3.54. The summed E-state index contributed by atoms with van der Waals surface area (Å²) in [5.41, 5.74) is 1.71. The number of tetrazole rings is 1. The van der Waals surface area contributed by atoms with Crippen LogP contribution in [-0.2, 0) is 12.3 Å². The number of thioether (sulfide) groups is 1. The summed E-state index contributed by atoms with van der Waals surface area (Å²) in [6, 6.07) is 9.80. The lowest BCUT2D eigenvalue weighted by atomic mass is 10.1. The number of nitriles is 1. The predicted octanol–water partition coefficient (Wildman–Crippen LogP) is 2.49. The summed E-state index contributed by atoms with van der Waals surface area (Å²) in [5.74, 6) is 1.19. The average Bonchev–Trinajstić information content (AvgIpc) is 2.83. The molecule has 5 nitrogen and oxygen atoms in total. The number of benzene rings is 1. The largest absolute Gasteiger partial charge is 0.220 e. The van der Waals surface area contributed by atoms with Crippen molar-refractivity contribution in [1.29, 1.82) is 5.26 Å². The lowest BCUT2D eigenvalue weighted by molar-refractivity contribution is 0.446. The Balaban J connectivity index is 2.07. The fraction of sp³-hybridized carbons (Fsp3) is 0.385. The fourth-order valence-electron chi connectivity index (χ4n) is 1.66. The van der Waals surface area contributed by atoms with Gasteiger partial charge in [0.2, 0.25) is 5.16 Å². The van der Waals surface area contributed by atoms with E-state index in [2.05, 4.69) is 35.4 Å². The van der Waals surface area contributed by atoms with Crippen LogP contribution in [0.4, 0.5) is 0 Å². The molecule has 1 heterocycles. The number of hydrogen-bond donors (Lipinski definition) is 0. The van der Waals surface area contributed by atoms with Gasteiger partial charge in [0.15, 0.2) is 0 Å². The molecule has 1 aromatic carbocycles. The second-order valence-electron chi connectivity index (χ2n) is 4.60. The van der Waals surface area contributed by atoms with Gasteiger partial charge in [-0.25, -0.2) is 4.68 Å². The van der Waals surface area contributed by atoms with Crippen LogP contribution >= 0.6 is 11.8 Å². The lowest BCUT2D eigenvalue weighted by Gasteiger charge is -2.07. The van der Waals surface area contributed by atoms with Crippen LogP contribution in [0, 0.1) is 17.2 Å². The van der Waals surface area contributed by atoms with E-state index in [-0.39, 0.29) is 0 Å². The highest BCUT2D eigenvalue weighted by Crippen LogP contribution is 2.22. The first-order valence-electron chi connectivity index (χ1n) is 6.07. The molecule has 1 aromatic heterocycles. The molecule has 6 heteroatoms. The smallest absolute Gasteiger partial charge is 0.209 e. The van der Waals surface area contributed by atoms with Crippen LogP contribution < -0.4 is 0 Å². The Morgan fingerprint density at radius 2 is 2.16 bits per heavy atom. The Labute approximate surface area is 116 Å². The van der Waals surface area contributed by atoms with Gasteiger partial charge in [-0.3, -0.25) is 0 Å². The fourth-order valence-corrected chi connectivity index (χ4v) is 2.55. The van der Waals surface area contributed by atoms with E-state index in [1.54, 1.807) is 11.8 Å². The molecule has 0 bridgehead atoms. The van der Waals surface area contributed by atoms with Crippen LogP contribution in [0.2, 0.25) is 0 Å². The van der Waals surface area contributed by atoms with E-state index in [0.717, 1.165) is 17.3 Å². The molecule has 0 saturated heterocycles. The van der Waals surface area contributed by atoms with Gasteiger partial charge in [-0.05, 0) is 28.0 Å².